The summed E-state index contributed by atoms with van der Waals surface area (Å²) in [6, 6.07) is 12.3. The van der Waals surface area contributed by atoms with Gasteiger partial charge < -0.3 is 20.3 Å². The van der Waals surface area contributed by atoms with Gasteiger partial charge in [-0.2, -0.15) is 0 Å². The van der Waals surface area contributed by atoms with Crippen LogP contribution in [0.3, 0.4) is 0 Å². The molecular formula is C20H22FN3O3. The van der Waals surface area contributed by atoms with E-state index in [9.17, 15) is 14.0 Å². The molecule has 1 aliphatic heterocycles. The fraction of sp³-hybridized carbons (Fsp3) is 0.300. The Bertz CT molecular complexity index is 778. The largest absolute Gasteiger partial charge is 0.457 e. The number of nitrogens with one attached hydrogen (secondary N) is 2. The van der Waals surface area contributed by atoms with E-state index in [-0.39, 0.29) is 17.8 Å². The quantitative estimate of drug-likeness (QED) is 0.728. The summed E-state index contributed by atoms with van der Waals surface area (Å²) in [7, 11) is 0. The normalized spacial score (nSPS) is 13.5. The Kier molecular flexibility index (Phi) is 6.25. The molecule has 0 unspecified atom stereocenters. The molecule has 3 rings (SSSR count). The first-order chi connectivity index (χ1) is 13.1. The van der Waals surface area contributed by atoms with Crippen LogP contribution in [0.4, 0.5) is 14.9 Å². The highest BCUT2D eigenvalue weighted by Crippen LogP contribution is 2.23. The number of amides is 3. The molecule has 2 N–H and O–H groups in total. The average molecular weight is 371 g/mol. The predicted molar refractivity (Wildman–Crippen MR) is 100 cm³/mol. The van der Waals surface area contributed by atoms with Crippen LogP contribution in [-0.2, 0) is 4.79 Å². The zero-order chi connectivity index (χ0) is 19.1. The number of ether oxygens (including phenoxy) is 1. The topological polar surface area (TPSA) is 70.7 Å². The van der Waals surface area contributed by atoms with Gasteiger partial charge in [0, 0.05) is 31.7 Å². The monoisotopic (exact) mass is 371 g/mol. The highest BCUT2D eigenvalue weighted by atomic mass is 19.1. The summed E-state index contributed by atoms with van der Waals surface area (Å²) in [5, 5.41) is 5.52. The summed E-state index contributed by atoms with van der Waals surface area (Å²) in [6.07, 6.45) is 2.28. The highest BCUT2D eigenvalue weighted by Gasteiger charge is 2.18. The van der Waals surface area contributed by atoms with E-state index in [1.807, 2.05) is 4.90 Å². The molecule has 0 atom stereocenters. The number of carbonyl (C=O) groups is 2. The standard InChI is InChI=1S/C20H22FN3O3/c21-15-4-8-17(9-5-15)27-18-10-6-16(7-11-18)23-20(26)22-12-2-14-24-13-1-3-19(24)25/h4-11H,1-3,12-14H2,(H2,22,23,26). The molecule has 2 aromatic rings. The van der Waals surface area contributed by atoms with Crippen LogP contribution >= 0.6 is 0 Å². The zero-order valence-corrected chi connectivity index (χ0v) is 14.9. The van der Waals surface area contributed by atoms with Gasteiger partial charge in [0.25, 0.3) is 0 Å². The van der Waals surface area contributed by atoms with Crippen LogP contribution in [0.2, 0.25) is 0 Å². The molecule has 1 fully saturated rings. The fourth-order valence-electron chi connectivity index (χ4n) is 2.83. The third-order valence-corrected chi connectivity index (χ3v) is 4.22. The second kappa shape index (κ2) is 9.02. The predicted octanol–water partition coefficient (Wildman–Crippen LogP) is 3.75. The number of likely N-dealkylation sites (tertiary alicyclic amines) is 1. The Hall–Kier alpha value is -3.09. The number of anilines is 1. The summed E-state index contributed by atoms with van der Waals surface area (Å²) < 4.78 is 18.5. The van der Waals surface area contributed by atoms with Gasteiger partial charge in [0.2, 0.25) is 5.91 Å². The Labute approximate surface area is 157 Å². The van der Waals surface area contributed by atoms with Gasteiger partial charge in [-0.15, -0.1) is 0 Å². The number of carbonyl (C=O) groups excluding carboxylic acids is 2. The van der Waals surface area contributed by atoms with Crippen molar-refractivity contribution in [2.45, 2.75) is 19.3 Å². The molecule has 0 saturated carbocycles. The number of rotatable bonds is 7. The lowest BCUT2D eigenvalue weighted by Crippen LogP contribution is -2.32. The Morgan fingerprint density at radius 3 is 2.37 bits per heavy atom. The molecule has 0 bridgehead atoms. The van der Waals surface area contributed by atoms with Crippen LogP contribution in [0.25, 0.3) is 0 Å². The smallest absolute Gasteiger partial charge is 0.319 e. The van der Waals surface area contributed by atoms with Gasteiger partial charge in [-0.3, -0.25) is 4.79 Å². The minimum Gasteiger partial charge on any atom is -0.457 e. The maximum absolute atomic E-state index is 12.9. The van der Waals surface area contributed by atoms with E-state index in [1.165, 1.54) is 12.1 Å². The van der Waals surface area contributed by atoms with Gasteiger partial charge in [0.05, 0.1) is 0 Å². The van der Waals surface area contributed by atoms with Crippen LogP contribution in [0.1, 0.15) is 19.3 Å². The summed E-state index contributed by atoms with van der Waals surface area (Å²) in [6.45, 7) is 1.99. The maximum Gasteiger partial charge on any atom is 0.319 e. The van der Waals surface area contributed by atoms with Gasteiger partial charge in [-0.05, 0) is 61.4 Å². The summed E-state index contributed by atoms with van der Waals surface area (Å²) in [4.78, 5) is 25.2. The molecule has 0 aliphatic carbocycles. The SMILES string of the molecule is O=C(NCCCN1CCCC1=O)Nc1ccc(Oc2ccc(F)cc2)cc1. The van der Waals surface area contributed by atoms with Crippen molar-refractivity contribution < 1.29 is 18.7 Å². The molecule has 0 radical (unpaired) electrons. The first-order valence-electron chi connectivity index (χ1n) is 8.96. The number of benzene rings is 2. The molecule has 6 nitrogen and oxygen atoms in total. The average Bonchev–Trinajstić information content (AvgIpc) is 3.07. The lowest BCUT2D eigenvalue weighted by molar-refractivity contribution is -0.127. The van der Waals surface area contributed by atoms with Crippen LogP contribution in [0, 0.1) is 5.82 Å². The number of halogens is 1. The van der Waals surface area contributed by atoms with E-state index in [1.54, 1.807) is 36.4 Å². The van der Waals surface area contributed by atoms with Crippen molar-refractivity contribution in [3.63, 3.8) is 0 Å². The highest BCUT2D eigenvalue weighted by molar-refractivity contribution is 5.89. The molecule has 27 heavy (non-hydrogen) atoms. The van der Waals surface area contributed by atoms with E-state index in [0.717, 1.165) is 19.4 Å². The molecule has 1 aliphatic rings. The van der Waals surface area contributed by atoms with E-state index < -0.39 is 0 Å². The number of nitrogens with zero attached hydrogens (tertiary/aromatic N) is 1. The fourth-order valence-corrected chi connectivity index (χ4v) is 2.83. The van der Waals surface area contributed by atoms with Crippen molar-refractivity contribution in [2.24, 2.45) is 0 Å². The van der Waals surface area contributed by atoms with Crippen molar-refractivity contribution in [1.29, 1.82) is 0 Å². The summed E-state index contributed by atoms with van der Waals surface area (Å²) in [5.74, 6) is 0.997. The van der Waals surface area contributed by atoms with Gasteiger partial charge in [-0.25, -0.2) is 9.18 Å². The van der Waals surface area contributed by atoms with E-state index in [4.69, 9.17) is 4.74 Å². The van der Waals surface area contributed by atoms with Crippen molar-refractivity contribution in [1.82, 2.24) is 10.2 Å². The number of urea groups is 1. The van der Waals surface area contributed by atoms with E-state index in [2.05, 4.69) is 10.6 Å². The molecule has 1 heterocycles. The van der Waals surface area contributed by atoms with E-state index in [0.29, 0.717) is 36.7 Å². The van der Waals surface area contributed by atoms with Crippen molar-refractivity contribution in [2.75, 3.05) is 25.0 Å². The molecule has 1 saturated heterocycles. The minimum atomic E-state index is -0.320. The Balaban J connectivity index is 1.39. The van der Waals surface area contributed by atoms with E-state index >= 15 is 0 Å². The minimum absolute atomic E-state index is 0.197. The number of hydrogen-bond donors (Lipinski definition) is 2. The lowest BCUT2D eigenvalue weighted by atomic mass is 10.3. The molecule has 0 aromatic heterocycles. The van der Waals surface area contributed by atoms with Gasteiger partial charge in [0.1, 0.15) is 17.3 Å². The Morgan fingerprint density at radius 1 is 1.07 bits per heavy atom. The molecule has 142 valence electrons. The van der Waals surface area contributed by atoms with Gasteiger partial charge in [0.15, 0.2) is 0 Å². The summed E-state index contributed by atoms with van der Waals surface area (Å²) >= 11 is 0. The second-order valence-electron chi connectivity index (χ2n) is 6.30. The molecule has 7 heteroatoms. The molecule has 0 spiro atoms. The van der Waals surface area contributed by atoms with Crippen molar-refractivity contribution in [3.8, 4) is 11.5 Å². The zero-order valence-electron chi connectivity index (χ0n) is 14.9. The maximum atomic E-state index is 12.9. The van der Waals surface area contributed by atoms with Crippen LogP contribution in [0.15, 0.2) is 48.5 Å². The molecule has 2 aromatic carbocycles. The first-order valence-corrected chi connectivity index (χ1v) is 8.96. The van der Waals surface area contributed by atoms with Crippen LogP contribution in [-0.4, -0.2) is 36.5 Å². The van der Waals surface area contributed by atoms with Crippen molar-refractivity contribution in [3.05, 3.63) is 54.3 Å². The third-order valence-electron chi connectivity index (χ3n) is 4.22. The van der Waals surface area contributed by atoms with Gasteiger partial charge in [-0.1, -0.05) is 0 Å². The van der Waals surface area contributed by atoms with Crippen LogP contribution in [0.5, 0.6) is 11.5 Å². The Morgan fingerprint density at radius 2 is 1.74 bits per heavy atom. The molecular weight excluding hydrogens is 349 g/mol. The number of hydrogen-bond acceptors (Lipinski definition) is 3. The third kappa shape index (κ3) is 5.70. The van der Waals surface area contributed by atoms with Gasteiger partial charge >= 0.3 is 6.03 Å². The second-order valence-corrected chi connectivity index (χ2v) is 6.30. The lowest BCUT2D eigenvalue weighted by Gasteiger charge is -2.15. The first kappa shape index (κ1) is 18.7. The van der Waals surface area contributed by atoms with Crippen LogP contribution < -0.4 is 15.4 Å². The van der Waals surface area contributed by atoms with Crippen molar-refractivity contribution >= 4 is 17.6 Å². The molecule has 3 amide bonds. The summed E-state index contributed by atoms with van der Waals surface area (Å²) in [5.41, 5.74) is 0.633.